The highest BCUT2D eigenvalue weighted by atomic mass is 16.4. The number of hydrogen-bond donors (Lipinski definition) is 1. The van der Waals surface area contributed by atoms with E-state index in [1.807, 2.05) is 13.8 Å². The Bertz CT molecular complexity index is 212. The Labute approximate surface area is 73.6 Å². The van der Waals surface area contributed by atoms with Crippen LogP contribution in [-0.2, 0) is 4.79 Å². The first-order valence-corrected chi connectivity index (χ1v) is 4.03. The maximum Gasteiger partial charge on any atom is 0.330 e. The van der Waals surface area contributed by atoms with Crippen molar-refractivity contribution < 1.29 is 9.90 Å². The van der Waals surface area contributed by atoms with Gasteiger partial charge in [0.05, 0.1) is 0 Å². The molecule has 0 saturated heterocycles. The molecule has 0 aliphatic heterocycles. The molecule has 0 aromatic carbocycles. The molecule has 0 unspecified atom stereocenters. The van der Waals surface area contributed by atoms with E-state index in [0.29, 0.717) is 17.9 Å². The fourth-order valence-corrected chi connectivity index (χ4v) is 0.607. The molecule has 0 aliphatic carbocycles. The quantitative estimate of drug-likeness (QED) is 0.517. The SMILES string of the molecule is C=C(C/C=C(\C)C(=O)O)C(C)C. The zero-order valence-corrected chi connectivity index (χ0v) is 7.92. The molecule has 0 aromatic rings. The van der Waals surface area contributed by atoms with Gasteiger partial charge in [-0.15, -0.1) is 0 Å². The summed E-state index contributed by atoms with van der Waals surface area (Å²) < 4.78 is 0. The van der Waals surface area contributed by atoms with Crippen LogP contribution in [0.25, 0.3) is 0 Å². The Hall–Kier alpha value is -1.05. The minimum absolute atomic E-state index is 0.386. The van der Waals surface area contributed by atoms with E-state index in [4.69, 9.17) is 5.11 Å². The first kappa shape index (κ1) is 11.0. The molecular weight excluding hydrogens is 152 g/mol. The van der Waals surface area contributed by atoms with E-state index in [2.05, 4.69) is 6.58 Å². The average molecular weight is 168 g/mol. The monoisotopic (exact) mass is 168 g/mol. The molecule has 0 aliphatic rings. The summed E-state index contributed by atoms with van der Waals surface area (Å²) in [6.45, 7) is 9.54. The highest BCUT2D eigenvalue weighted by molar-refractivity contribution is 5.85. The van der Waals surface area contributed by atoms with Gasteiger partial charge in [0.1, 0.15) is 0 Å². The molecule has 0 saturated carbocycles. The van der Waals surface area contributed by atoms with E-state index in [9.17, 15) is 4.79 Å². The first-order valence-electron chi connectivity index (χ1n) is 4.03. The lowest BCUT2D eigenvalue weighted by Gasteiger charge is -2.05. The molecular formula is C10H16O2. The van der Waals surface area contributed by atoms with Gasteiger partial charge in [0, 0.05) is 5.57 Å². The van der Waals surface area contributed by atoms with Gasteiger partial charge in [-0.05, 0) is 19.3 Å². The van der Waals surface area contributed by atoms with Crippen molar-refractivity contribution in [3.63, 3.8) is 0 Å². The van der Waals surface area contributed by atoms with E-state index in [-0.39, 0.29) is 0 Å². The van der Waals surface area contributed by atoms with Crippen molar-refractivity contribution in [1.82, 2.24) is 0 Å². The summed E-state index contributed by atoms with van der Waals surface area (Å²) >= 11 is 0. The molecule has 2 nitrogen and oxygen atoms in total. The normalized spacial score (nSPS) is 11.8. The predicted molar refractivity (Wildman–Crippen MR) is 50.0 cm³/mol. The second-order valence-corrected chi connectivity index (χ2v) is 3.21. The zero-order chi connectivity index (χ0) is 9.72. The molecule has 0 amide bonds. The van der Waals surface area contributed by atoms with Crippen LogP contribution in [0.3, 0.4) is 0 Å². The van der Waals surface area contributed by atoms with Gasteiger partial charge in [-0.1, -0.05) is 32.1 Å². The van der Waals surface area contributed by atoms with Gasteiger partial charge in [-0.3, -0.25) is 0 Å². The molecule has 68 valence electrons. The van der Waals surface area contributed by atoms with Crippen LogP contribution in [0.5, 0.6) is 0 Å². The maximum atomic E-state index is 10.4. The third kappa shape index (κ3) is 3.96. The molecule has 2 heteroatoms. The van der Waals surface area contributed by atoms with E-state index < -0.39 is 5.97 Å². The number of carboxylic acids is 1. The third-order valence-electron chi connectivity index (χ3n) is 1.82. The number of rotatable bonds is 4. The highest BCUT2D eigenvalue weighted by Crippen LogP contribution is 2.12. The average Bonchev–Trinajstić information content (AvgIpc) is 1.98. The Balaban J connectivity index is 4.05. The molecule has 0 atom stereocenters. The van der Waals surface area contributed by atoms with Crippen LogP contribution in [0, 0.1) is 5.92 Å². The molecule has 0 aromatic heterocycles. The van der Waals surface area contributed by atoms with Gasteiger partial charge in [-0.25, -0.2) is 4.79 Å². The van der Waals surface area contributed by atoms with Gasteiger partial charge in [0.2, 0.25) is 0 Å². The Morgan fingerprint density at radius 2 is 2.08 bits per heavy atom. The minimum Gasteiger partial charge on any atom is -0.478 e. The van der Waals surface area contributed by atoms with Crippen LogP contribution in [0.2, 0.25) is 0 Å². The zero-order valence-electron chi connectivity index (χ0n) is 7.92. The summed E-state index contributed by atoms with van der Waals surface area (Å²) in [6, 6.07) is 0. The van der Waals surface area contributed by atoms with Crippen LogP contribution < -0.4 is 0 Å². The van der Waals surface area contributed by atoms with Crippen molar-refractivity contribution in [1.29, 1.82) is 0 Å². The lowest BCUT2D eigenvalue weighted by atomic mass is 10.0. The number of aliphatic carboxylic acids is 1. The van der Waals surface area contributed by atoms with Crippen molar-refractivity contribution in [3.05, 3.63) is 23.8 Å². The van der Waals surface area contributed by atoms with E-state index in [1.54, 1.807) is 13.0 Å². The lowest BCUT2D eigenvalue weighted by molar-refractivity contribution is -0.132. The van der Waals surface area contributed by atoms with E-state index >= 15 is 0 Å². The molecule has 0 heterocycles. The number of carbonyl (C=O) groups is 1. The van der Waals surface area contributed by atoms with Gasteiger partial charge in [0.25, 0.3) is 0 Å². The van der Waals surface area contributed by atoms with Gasteiger partial charge >= 0.3 is 5.97 Å². The summed E-state index contributed by atoms with van der Waals surface area (Å²) in [5.41, 5.74) is 1.45. The van der Waals surface area contributed by atoms with Crippen molar-refractivity contribution in [2.24, 2.45) is 5.92 Å². The summed E-state index contributed by atoms with van der Waals surface area (Å²) in [5.74, 6) is -0.436. The molecule has 0 rings (SSSR count). The van der Waals surface area contributed by atoms with Crippen LogP contribution in [0.4, 0.5) is 0 Å². The standard InChI is InChI=1S/C10H16O2/c1-7(2)8(3)5-6-9(4)10(11)12/h6-7H,3,5H2,1-2,4H3,(H,11,12)/b9-6+. The summed E-state index contributed by atoms with van der Waals surface area (Å²) in [6.07, 6.45) is 2.36. The largest absolute Gasteiger partial charge is 0.478 e. The van der Waals surface area contributed by atoms with E-state index in [1.165, 1.54) is 0 Å². The maximum absolute atomic E-state index is 10.4. The Morgan fingerprint density at radius 1 is 1.58 bits per heavy atom. The number of allylic oxidation sites excluding steroid dienone is 2. The highest BCUT2D eigenvalue weighted by Gasteiger charge is 2.01. The van der Waals surface area contributed by atoms with E-state index in [0.717, 1.165) is 5.57 Å². The fraction of sp³-hybridized carbons (Fsp3) is 0.500. The van der Waals surface area contributed by atoms with Crippen molar-refractivity contribution in [3.8, 4) is 0 Å². The second-order valence-electron chi connectivity index (χ2n) is 3.21. The molecule has 0 spiro atoms. The van der Waals surface area contributed by atoms with Gasteiger partial charge < -0.3 is 5.11 Å². The molecule has 0 radical (unpaired) electrons. The third-order valence-corrected chi connectivity index (χ3v) is 1.82. The van der Waals surface area contributed by atoms with Crippen LogP contribution in [-0.4, -0.2) is 11.1 Å². The van der Waals surface area contributed by atoms with Crippen LogP contribution >= 0.6 is 0 Å². The molecule has 1 N–H and O–H groups in total. The topological polar surface area (TPSA) is 37.3 Å². The van der Waals surface area contributed by atoms with Gasteiger partial charge in [-0.2, -0.15) is 0 Å². The summed E-state index contributed by atoms with van der Waals surface area (Å²) in [5, 5.41) is 8.54. The smallest absolute Gasteiger partial charge is 0.330 e. The van der Waals surface area contributed by atoms with Crippen LogP contribution in [0.1, 0.15) is 27.2 Å². The van der Waals surface area contributed by atoms with Crippen molar-refractivity contribution in [2.75, 3.05) is 0 Å². The van der Waals surface area contributed by atoms with Gasteiger partial charge in [0.15, 0.2) is 0 Å². The molecule has 12 heavy (non-hydrogen) atoms. The fourth-order valence-electron chi connectivity index (χ4n) is 0.607. The number of hydrogen-bond acceptors (Lipinski definition) is 1. The predicted octanol–water partition coefficient (Wildman–Crippen LogP) is 2.62. The van der Waals surface area contributed by atoms with Crippen LogP contribution in [0.15, 0.2) is 23.8 Å². The Kier molecular flexibility index (Phi) is 4.34. The minimum atomic E-state index is -0.855. The first-order chi connectivity index (χ1) is 5.45. The van der Waals surface area contributed by atoms with Crippen molar-refractivity contribution >= 4 is 5.97 Å². The Morgan fingerprint density at radius 3 is 2.42 bits per heavy atom. The summed E-state index contributed by atoms with van der Waals surface area (Å²) in [7, 11) is 0. The number of carboxylic acid groups (broad SMARTS) is 1. The molecule has 0 fully saturated rings. The molecule has 0 bridgehead atoms. The van der Waals surface area contributed by atoms with Crippen molar-refractivity contribution in [2.45, 2.75) is 27.2 Å². The summed E-state index contributed by atoms with van der Waals surface area (Å²) in [4.78, 5) is 10.4. The second kappa shape index (κ2) is 4.75. The lowest BCUT2D eigenvalue weighted by Crippen LogP contribution is -1.97.